The number of nitrogens with zero attached hydrogens (tertiary/aromatic N) is 2. The first-order valence-corrected chi connectivity index (χ1v) is 15.4. The normalized spacial score (nSPS) is 12.6. The number of carbonyl (C=O) groups excluding carboxylic acids is 1. The van der Waals surface area contributed by atoms with Gasteiger partial charge in [-0.15, -0.1) is 0 Å². The maximum absolute atomic E-state index is 14.2. The average Bonchev–Trinajstić information content (AvgIpc) is 3.45. The number of fused-ring (bicyclic) bond motifs is 1. The topological polar surface area (TPSA) is 92.9 Å². The molecular formula is C38H36N2O5. The zero-order chi connectivity index (χ0) is 31.2. The summed E-state index contributed by atoms with van der Waals surface area (Å²) in [4.78, 5) is 32.3. The number of ether oxygens (including phenoxy) is 1. The number of aromatic nitrogens is 1. The van der Waals surface area contributed by atoms with Gasteiger partial charge in [-0.05, 0) is 60.2 Å². The molecule has 0 saturated heterocycles. The summed E-state index contributed by atoms with van der Waals surface area (Å²) in [5.41, 5.74) is 6.64. The molecule has 0 saturated carbocycles. The number of amides is 1. The van der Waals surface area contributed by atoms with E-state index in [1.165, 1.54) is 0 Å². The molecule has 0 aliphatic carbocycles. The molecule has 45 heavy (non-hydrogen) atoms. The van der Waals surface area contributed by atoms with Crippen LogP contribution < -0.4 is 4.74 Å². The van der Waals surface area contributed by atoms with Crippen molar-refractivity contribution in [1.29, 1.82) is 0 Å². The van der Waals surface area contributed by atoms with E-state index in [9.17, 15) is 14.7 Å². The molecule has 0 bridgehead atoms. The summed E-state index contributed by atoms with van der Waals surface area (Å²) in [6, 6.07) is 33.4. The van der Waals surface area contributed by atoms with Gasteiger partial charge in [-0.3, -0.25) is 9.59 Å². The van der Waals surface area contributed by atoms with Gasteiger partial charge in [0.05, 0.1) is 18.2 Å². The Bertz CT molecular complexity index is 1730. The van der Waals surface area contributed by atoms with Gasteiger partial charge < -0.3 is 19.2 Å². The molecule has 1 N–H and O–H groups in total. The molecule has 0 spiro atoms. The molecule has 1 aliphatic heterocycles. The Balaban J connectivity index is 1.23. The minimum Gasteiger partial charge on any atom is -0.493 e. The summed E-state index contributed by atoms with van der Waals surface area (Å²) in [6.45, 7) is 3.27. The van der Waals surface area contributed by atoms with Crippen LogP contribution in [0.3, 0.4) is 0 Å². The number of carboxylic acid groups (broad SMARTS) is 1. The van der Waals surface area contributed by atoms with E-state index in [1.54, 1.807) is 0 Å². The smallest absolute Gasteiger partial charge is 0.303 e. The van der Waals surface area contributed by atoms with Crippen molar-refractivity contribution in [3.05, 3.63) is 142 Å². The van der Waals surface area contributed by atoms with Crippen LogP contribution in [-0.4, -0.2) is 40.0 Å². The number of rotatable bonds is 11. The first-order chi connectivity index (χ1) is 22.0. The van der Waals surface area contributed by atoms with Crippen LogP contribution in [0.2, 0.25) is 0 Å². The molecule has 2 heterocycles. The van der Waals surface area contributed by atoms with Gasteiger partial charge in [0.25, 0.3) is 0 Å². The minimum atomic E-state index is -0.848. The quantitative estimate of drug-likeness (QED) is 0.175. The second kappa shape index (κ2) is 13.6. The average molecular weight is 601 g/mol. The van der Waals surface area contributed by atoms with Gasteiger partial charge in [-0.25, -0.2) is 4.98 Å². The minimum absolute atomic E-state index is 0.0203. The van der Waals surface area contributed by atoms with Gasteiger partial charge in [0.1, 0.15) is 11.5 Å². The number of aliphatic carboxylic acids is 1. The highest BCUT2D eigenvalue weighted by Gasteiger charge is 2.31. The van der Waals surface area contributed by atoms with Crippen LogP contribution in [0.4, 0.5) is 0 Å². The molecular weight excluding hydrogens is 564 g/mol. The summed E-state index contributed by atoms with van der Waals surface area (Å²) < 4.78 is 12.3. The van der Waals surface area contributed by atoms with Crippen LogP contribution >= 0.6 is 0 Å². The van der Waals surface area contributed by atoms with E-state index in [0.717, 1.165) is 50.6 Å². The maximum Gasteiger partial charge on any atom is 0.303 e. The monoisotopic (exact) mass is 600 g/mol. The lowest BCUT2D eigenvalue weighted by atomic mass is 9.87. The predicted octanol–water partition coefficient (Wildman–Crippen LogP) is 7.01. The number of oxazole rings is 1. The number of carboxylic acids is 1. The Hall–Kier alpha value is -5.17. The largest absolute Gasteiger partial charge is 0.493 e. The van der Waals surface area contributed by atoms with Gasteiger partial charge >= 0.3 is 5.97 Å². The van der Waals surface area contributed by atoms with E-state index < -0.39 is 11.9 Å². The summed E-state index contributed by atoms with van der Waals surface area (Å²) in [7, 11) is 0. The summed E-state index contributed by atoms with van der Waals surface area (Å²) >= 11 is 0. The lowest BCUT2D eigenvalue weighted by Crippen LogP contribution is -2.40. The first-order valence-electron chi connectivity index (χ1n) is 15.4. The van der Waals surface area contributed by atoms with Gasteiger partial charge in [-0.2, -0.15) is 0 Å². The molecule has 4 aromatic carbocycles. The zero-order valence-corrected chi connectivity index (χ0v) is 25.3. The Labute approximate surface area is 263 Å². The van der Waals surface area contributed by atoms with Crippen LogP contribution in [0.15, 0.2) is 108 Å². The third kappa shape index (κ3) is 6.83. The Kier molecular flexibility index (Phi) is 9.06. The highest BCUT2D eigenvalue weighted by Crippen LogP contribution is 2.35. The van der Waals surface area contributed by atoms with Gasteiger partial charge in [0.15, 0.2) is 0 Å². The number of hydrogen-bond donors (Lipinski definition) is 1. The van der Waals surface area contributed by atoms with Crippen molar-refractivity contribution >= 4 is 11.9 Å². The lowest BCUT2D eigenvalue weighted by Gasteiger charge is -2.34. The fourth-order valence-electron chi connectivity index (χ4n) is 6.08. The summed E-state index contributed by atoms with van der Waals surface area (Å²) in [6.07, 6.45) is 1.61. The van der Waals surface area contributed by atoms with Gasteiger partial charge in [-0.1, -0.05) is 84.9 Å². The summed E-state index contributed by atoms with van der Waals surface area (Å²) in [5.74, 6) is 0.884. The van der Waals surface area contributed by atoms with E-state index in [1.807, 2.05) is 115 Å². The molecule has 0 fully saturated rings. The van der Waals surface area contributed by atoms with Crippen molar-refractivity contribution < 1.29 is 23.8 Å². The van der Waals surface area contributed by atoms with E-state index in [-0.39, 0.29) is 12.3 Å². The standard InChI is InChI=1S/C38H36N2O5/c1-26-33(39-37(45-26)30-15-9-4-10-16-30)22-24-44-34-19-17-27(18-20-35(41)42)32-25-40(23-21-31(32)34)38(43)36(28-11-5-2-6-12-28)29-13-7-3-8-14-29/h2-17,19,36H,18,20-25H2,1H3,(H,41,42). The fourth-order valence-corrected chi connectivity index (χ4v) is 6.08. The lowest BCUT2D eigenvalue weighted by molar-refractivity contribution is -0.137. The highest BCUT2D eigenvalue weighted by atomic mass is 16.5. The number of hydrogen-bond acceptors (Lipinski definition) is 5. The third-order valence-corrected chi connectivity index (χ3v) is 8.41. The van der Waals surface area contributed by atoms with Crippen molar-refractivity contribution in [1.82, 2.24) is 9.88 Å². The molecule has 1 amide bonds. The van der Waals surface area contributed by atoms with E-state index in [4.69, 9.17) is 14.1 Å². The molecule has 5 aromatic rings. The first kappa shape index (κ1) is 29.9. The van der Waals surface area contributed by atoms with Crippen LogP contribution in [0.5, 0.6) is 5.75 Å². The molecule has 7 heteroatoms. The van der Waals surface area contributed by atoms with Crippen LogP contribution in [0.25, 0.3) is 11.5 Å². The molecule has 6 rings (SSSR count). The number of aryl methyl sites for hydroxylation is 2. The molecule has 0 radical (unpaired) electrons. The zero-order valence-electron chi connectivity index (χ0n) is 25.3. The number of benzene rings is 4. The third-order valence-electron chi connectivity index (χ3n) is 8.41. The van der Waals surface area contributed by atoms with Gasteiger partial charge in [0, 0.05) is 37.1 Å². The molecule has 1 aromatic heterocycles. The number of carbonyl (C=O) groups is 2. The molecule has 1 aliphatic rings. The Morgan fingerprint density at radius 3 is 2.16 bits per heavy atom. The van der Waals surface area contributed by atoms with Crippen LogP contribution in [-0.2, 0) is 35.4 Å². The Morgan fingerprint density at radius 1 is 0.867 bits per heavy atom. The van der Waals surface area contributed by atoms with Crippen LogP contribution in [0, 0.1) is 6.92 Å². The Morgan fingerprint density at radius 2 is 1.51 bits per heavy atom. The van der Waals surface area contributed by atoms with Crippen molar-refractivity contribution in [3.63, 3.8) is 0 Å². The highest BCUT2D eigenvalue weighted by molar-refractivity contribution is 5.87. The second-order valence-electron chi connectivity index (χ2n) is 11.3. The van der Waals surface area contributed by atoms with Crippen molar-refractivity contribution in [2.45, 2.75) is 45.1 Å². The molecule has 7 nitrogen and oxygen atoms in total. The summed E-state index contributed by atoms with van der Waals surface area (Å²) in [5, 5.41) is 9.42. The van der Waals surface area contributed by atoms with E-state index >= 15 is 0 Å². The van der Waals surface area contributed by atoms with E-state index in [2.05, 4.69) is 0 Å². The fraction of sp³-hybridized carbons (Fsp3) is 0.237. The molecule has 0 unspecified atom stereocenters. The molecule has 228 valence electrons. The second-order valence-corrected chi connectivity index (χ2v) is 11.3. The van der Waals surface area contributed by atoms with E-state index in [0.29, 0.717) is 44.8 Å². The van der Waals surface area contributed by atoms with Gasteiger partial charge in [0.2, 0.25) is 11.8 Å². The van der Waals surface area contributed by atoms with Crippen LogP contribution in [0.1, 0.15) is 51.6 Å². The van der Waals surface area contributed by atoms with Crippen molar-refractivity contribution in [3.8, 4) is 17.2 Å². The SMILES string of the molecule is Cc1oc(-c2ccccc2)nc1CCOc1ccc(CCC(=O)O)c2c1CCN(C(=O)C(c1ccccc1)c1ccccc1)C2. The molecule has 0 atom stereocenters. The van der Waals surface area contributed by atoms with Crippen molar-refractivity contribution in [2.75, 3.05) is 13.2 Å². The predicted molar refractivity (Wildman–Crippen MR) is 172 cm³/mol. The van der Waals surface area contributed by atoms with Crippen molar-refractivity contribution in [2.24, 2.45) is 0 Å². The maximum atomic E-state index is 14.2.